The van der Waals surface area contributed by atoms with Gasteiger partial charge in [0.05, 0.1) is 33.9 Å². The van der Waals surface area contributed by atoms with Crippen molar-refractivity contribution >= 4 is 33.2 Å². The van der Waals surface area contributed by atoms with Crippen molar-refractivity contribution in [2.24, 2.45) is 0 Å². The Bertz CT molecular complexity index is 1800. The van der Waals surface area contributed by atoms with Crippen molar-refractivity contribution in [3.8, 4) is 22.5 Å². The van der Waals surface area contributed by atoms with Crippen molar-refractivity contribution in [1.29, 1.82) is 0 Å². The van der Waals surface area contributed by atoms with Crippen LogP contribution < -0.4 is 31.2 Å². The number of anilines is 2. The average Bonchev–Trinajstić information content (AvgIpc) is 2.98. The average molecular weight is 549 g/mol. The molecule has 2 aromatic carbocycles. The van der Waals surface area contributed by atoms with Crippen LogP contribution in [0.2, 0.25) is 0 Å². The zero-order valence-electron chi connectivity index (χ0n) is 22.1. The van der Waals surface area contributed by atoms with E-state index in [9.17, 15) is 20.8 Å². The molecule has 2 aliphatic heterocycles. The van der Waals surface area contributed by atoms with Gasteiger partial charge in [-0.1, -0.05) is 48.5 Å². The highest BCUT2D eigenvalue weighted by Gasteiger charge is 2.19. The van der Waals surface area contributed by atoms with E-state index < -0.39 is 0 Å². The topological polar surface area (TPSA) is 154 Å². The van der Waals surface area contributed by atoms with Crippen LogP contribution in [-0.2, 0) is 0 Å². The van der Waals surface area contributed by atoms with Crippen LogP contribution in [0, 0.1) is 20.8 Å². The smallest absolute Gasteiger partial charge is 0.234 e. The Balaban J connectivity index is 1.18. The highest BCUT2D eigenvalue weighted by Crippen LogP contribution is 2.34. The van der Waals surface area contributed by atoms with Crippen molar-refractivity contribution in [1.82, 2.24) is 19.8 Å². The number of aromatic nitrogens is 2. The van der Waals surface area contributed by atoms with Gasteiger partial charge in [0.15, 0.2) is 0 Å². The molecule has 41 heavy (non-hydrogen) atoms. The molecule has 0 spiro atoms. The van der Waals surface area contributed by atoms with E-state index in [0.29, 0.717) is 35.6 Å². The monoisotopic (exact) mass is 548 g/mol. The van der Waals surface area contributed by atoms with E-state index in [2.05, 4.69) is 20.6 Å². The molecule has 208 valence electrons. The fourth-order valence-corrected chi connectivity index (χ4v) is 5.52. The van der Waals surface area contributed by atoms with Gasteiger partial charge in [-0.2, -0.15) is 9.80 Å². The molecule has 2 heterocycles. The number of H-pyrrole nitrogens is 2. The maximum Gasteiger partial charge on any atom is 0.234 e. The molecule has 0 aromatic heterocycles. The van der Waals surface area contributed by atoms with E-state index in [1.54, 1.807) is 12.1 Å². The van der Waals surface area contributed by atoms with Crippen LogP contribution in [0.25, 0.3) is 44.3 Å². The lowest BCUT2D eigenvalue weighted by molar-refractivity contribution is 0.721. The number of benzene rings is 4. The molecule has 10 nitrogen and oxygen atoms in total. The van der Waals surface area contributed by atoms with Gasteiger partial charge in [0.25, 0.3) is 0 Å². The SMILES string of the molecule is [O-][N+]([O-])=c1cccc2[nH]c3ccccc3c(NCCCCCNc3c4c(=[N+]([O-])[O-])cccc-4[nH]c4ccccc34)c1-2. The van der Waals surface area contributed by atoms with Crippen LogP contribution in [0.15, 0.2) is 84.9 Å². The minimum absolute atomic E-state index is 0.0601. The fourth-order valence-electron chi connectivity index (χ4n) is 5.52. The second-order valence-electron chi connectivity index (χ2n) is 9.92. The number of unbranched alkanes of at least 4 members (excludes halogenated alkanes) is 2. The first-order valence-electron chi connectivity index (χ1n) is 13.5. The van der Waals surface area contributed by atoms with E-state index in [1.165, 1.54) is 12.1 Å². The highest BCUT2D eigenvalue weighted by atomic mass is 16.8. The molecule has 0 amide bonds. The first-order valence-corrected chi connectivity index (χ1v) is 13.5. The maximum absolute atomic E-state index is 11.8. The second kappa shape index (κ2) is 11.0. The summed E-state index contributed by atoms with van der Waals surface area (Å²) in [6, 6.07) is 25.7. The van der Waals surface area contributed by atoms with Gasteiger partial charge < -0.3 is 41.4 Å². The molecule has 0 bridgehead atoms. The van der Waals surface area contributed by atoms with Gasteiger partial charge in [-0.15, -0.1) is 0 Å². The number of nitrogens with one attached hydrogen (secondary N) is 4. The largest absolute Gasteiger partial charge is 0.612 e. The minimum atomic E-state index is -0.346. The number of fused-ring (bicyclic) bond motifs is 4. The quantitative estimate of drug-likeness (QED) is 0.118. The Hall–Kier alpha value is -5.38. The van der Waals surface area contributed by atoms with Gasteiger partial charge in [-0.05, 0) is 43.5 Å². The van der Waals surface area contributed by atoms with E-state index in [0.717, 1.165) is 52.4 Å². The Labute approximate surface area is 234 Å². The Kier molecular flexibility index (Phi) is 6.95. The molecular weight excluding hydrogens is 520 g/mol. The van der Waals surface area contributed by atoms with Gasteiger partial charge >= 0.3 is 0 Å². The van der Waals surface area contributed by atoms with Crippen LogP contribution in [0.4, 0.5) is 11.4 Å². The van der Waals surface area contributed by atoms with Crippen LogP contribution in [0.5, 0.6) is 0 Å². The molecule has 0 saturated carbocycles. The highest BCUT2D eigenvalue weighted by molar-refractivity contribution is 6.01. The summed E-state index contributed by atoms with van der Waals surface area (Å²) in [6.07, 6.45) is 2.59. The van der Waals surface area contributed by atoms with Crippen LogP contribution in [0.3, 0.4) is 0 Å². The first-order chi connectivity index (χ1) is 20.0. The van der Waals surface area contributed by atoms with Crippen LogP contribution in [-0.4, -0.2) is 23.1 Å². The summed E-state index contributed by atoms with van der Waals surface area (Å²) < 4.78 is 0. The molecule has 4 aliphatic rings. The van der Waals surface area contributed by atoms with Gasteiger partial charge in [0.1, 0.15) is 0 Å². The van der Waals surface area contributed by atoms with E-state index in [1.807, 2.05) is 60.7 Å². The number of hydrogen-bond acceptors (Lipinski definition) is 6. The molecule has 0 saturated heterocycles. The molecule has 6 rings (SSSR count). The summed E-state index contributed by atoms with van der Waals surface area (Å²) in [6.45, 7) is 1.29. The molecule has 0 fully saturated rings. The predicted octanol–water partition coefficient (Wildman–Crippen LogP) is 5.09. The predicted molar refractivity (Wildman–Crippen MR) is 165 cm³/mol. The Morgan fingerprint density at radius 1 is 0.512 bits per heavy atom. The lowest BCUT2D eigenvalue weighted by atomic mass is 10.0. The van der Waals surface area contributed by atoms with Crippen molar-refractivity contribution in [3.05, 3.63) is 116 Å². The van der Waals surface area contributed by atoms with E-state index in [-0.39, 0.29) is 20.5 Å². The fraction of sp³-hybridized carbons (Fsp3) is 0.161. The maximum atomic E-state index is 11.8. The summed E-state index contributed by atoms with van der Waals surface area (Å²) in [7, 11) is 0. The normalized spacial score (nSPS) is 11.3. The number of rotatable bonds is 8. The second-order valence-corrected chi connectivity index (χ2v) is 9.92. The number of aromatic amines is 2. The first kappa shape index (κ1) is 25.9. The number of nitrogens with zero attached hydrogens (tertiary/aromatic N) is 2. The van der Waals surface area contributed by atoms with Gasteiger partial charge in [0, 0.05) is 47.0 Å². The van der Waals surface area contributed by atoms with Crippen molar-refractivity contribution in [2.75, 3.05) is 23.7 Å². The molecule has 2 aromatic rings. The lowest BCUT2D eigenvalue weighted by Crippen LogP contribution is -2.23. The summed E-state index contributed by atoms with van der Waals surface area (Å²) in [4.78, 5) is 5.94. The van der Waals surface area contributed by atoms with Crippen LogP contribution in [0.1, 0.15) is 19.3 Å². The third-order valence-corrected chi connectivity index (χ3v) is 7.37. The molecular formula is C31H28N6O4-2. The molecule has 2 aliphatic carbocycles. The van der Waals surface area contributed by atoms with Gasteiger partial charge in [-0.3, -0.25) is 0 Å². The van der Waals surface area contributed by atoms with Crippen molar-refractivity contribution in [2.45, 2.75) is 19.3 Å². The third-order valence-electron chi connectivity index (χ3n) is 7.37. The zero-order chi connectivity index (χ0) is 28.3. The Morgan fingerprint density at radius 3 is 1.39 bits per heavy atom. The van der Waals surface area contributed by atoms with Crippen molar-refractivity contribution < 1.29 is 0 Å². The third kappa shape index (κ3) is 4.91. The number of para-hydroxylation sites is 2. The number of hydrogen-bond donors (Lipinski definition) is 4. The van der Waals surface area contributed by atoms with Gasteiger partial charge in [-0.25, -0.2) is 0 Å². The summed E-state index contributed by atoms with van der Waals surface area (Å²) in [5, 5.41) is 56.1. The van der Waals surface area contributed by atoms with Crippen molar-refractivity contribution in [3.63, 3.8) is 0 Å². The Morgan fingerprint density at radius 2 is 0.951 bits per heavy atom. The minimum Gasteiger partial charge on any atom is -0.612 e. The molecule has 0 radical (unpaired) electrons. The molecule has 10 heteroatoms. The standard InChI is InChI=1S/C31H28N6O4/c38-36(39)26-16-8-14-24-28(26)30(20-10-2-4-12-22(20)34-24)32-18-6-1-7-19-33-31-21-11-3-5-13-23(21)35-25-15-9-17-27(29(25)31)37(40)41/h2-5,8-17,32-35H,1,6-7,18-19H2/q-2. The molecule has 0 unspecified atom stereocenters. The summed E-state index contributed by atoms with van der Waals surface area (Å²) in [5.74, 6) is 0. The lowest BCUT2D eigenvalue weighted by Gasteiger charge is -2.18. The zero-order valence-corrected chi connectivity index (χ0v) is 22.1. The number of pyridine rings is 2. The van der Waals surface area contributed by atoms with E-state index >= 15 is 0 Å². The summed E-state index contributed by atoms with van der Waals surface area (Å²) >= 11 is 0. The molecule has 0 atom stereocenters. The molecule has 4 N–H and O–H groups in total. The summed E-state index contributed by atoms with van der Waals surface area (Å²) in [5.41, 5.74) is 5.87. The van der Waals surface area contributed by atoms with Crippen LogP contribution >= 0.6 is 0 Å². The van der Waals surface area contributed by atoms with E-state index in [4.69, 9.17) is 0 Å². The van der Waals surface area contributed by atoms with Gasteiger partial charge in [0.2, 0.25) is 10.7 Å².